The summed E-state index contributed by atoms with van der Waals surface area (Å²) in [6.07, 6.45) is 0. The summed E-state index contributed by atoms with van der Waals surface area (Å²) >= 11 is 0. The molecule has 0 unspecified atom stereocenters. The molecule has 12 aromatic rings. The number of aromatic nitrogens is 2. The standard InChI is InChI=1S/C50H26N4O2/c51-27-29-23-31(26-33(24-29)53-41-13-5-1-11-38(41)47-43(53)21-18-36-34-9-3-7-15-45(34)55-49(36)47)30-17-20-40(32(25-30)28-52)54-42-14-6-2-12-39(42)48-44(54)22-19-37-35-10-4-8-16-46(35)56-50(37)48/h1-26H. The molecule has 0 saturated carbocycles. The summed E-state index contributed by atoms with van der Waals surface area (Å²) < 4.78 is 17.4. The predicted octanol–water partition coefficient (Wildman–Crippen LogP) is 13.1. The molecule has 0 N–H and O–H groups in total. The number of hydrogen-bond donors (Lipinski definition) is 0. The Labute approximate surface area is 318 Å². The molecule has 0 aliphatic carbocycles. The average Bonchev–Trinajstić information content (AvgIpc) is 4.00. The molecule has 4 aromatic heterocycles. The van der Waals surface area contributed by atoms with E-state index in [1.54, 1.807) is 0 Å². The Balaban J connectivity index is 1.06. The summed E-state index contributed by atoms with van der Waals surface area (Å²) in [5.74, 6) is 0. The van der Waals surface area contributed by atoms with Gasteiger partial charge in [-0.05, 0) is 90.0 Å². The first kappa shape index (κ1) is 30.4. The van der Waals surface area contributed by atoms with Gasteiger partial charge in [0, 0.05) is 38.0 Å². The van der Waals surface area contributed by atoms with Crippen LogP contribution < -0.4 is 0 Å². The van der Waals surface area contributed by atoms with Crippen molar-refractivity contribution in [2.45, 2.75) is 0 Å². The maximum Gasteiger partial charge on any atom is 0.145 e. The summed E-state index contributed by atoms with van der Waals surface area (Å²) in [5.41, 5.74) is 11.6. The SMILES string of the molecule is N#Cc1cc(-c2ccc(-n3c4ccccc4c4c5oc6ccccc6c5ccc43)c(C#N)c2)cc(-n2c3ccccc3c3c4oc5ccccc5c4ccc32)c1. The maximum absolute atomic E-state index is 10.7. The van der Waals surface area contributed by atoms with E-state index in [1.807, 2.05) is 91.0 Å². The molecule has 4 heterocycles. The second-order valence-electron chi connectivity index (χ2n) is 14.3. The van der Waals surface area contributed by atoms with Crippen molar-refractivity contribution in [3.05, 3.63) is 169 Å². The predicted molar refractivity (Wildman–Crippen MR) is 225 cm³/mol. The molecule has 258 valence electrons. The third-order valence-electron chi connectivity index (χ3n) is 11.4. The molecule has 0 aliphatic heterocycles. The van der Waals surface area contributed by atoms with Crippen LogP contribution in [0.4, 0.5) is 0 Å². The summed E-state index contributed by atoms with van der Waals surface area (Å²) in [5, 5.41) is 29.5. The van der Waals surface area contributed by atoms with Crippen molar-refractivity contribution in [2.75, 3.05) is 0 Å². The molecule has 0 saturated heterocycles. The topological polar surface area (TPSA) is 83.7 Å². The molecule has 0 bridgehead atoms. The minimum Gasteiger partial charge on any atom is -0.455 e. The Morgan fingerprint density at radius 2 is 0.964 bits per heavy atom. The molecule has 0 aliphatic rings. The Morgan fingerprint density at radius 3 is 1.57 bits per heavy atom. The highest BCUT2D eigenvalue weighted by Crippen LogP contribution is 2.43. The van der Waals surface area contributed by atoms with Gasteiger partial charge in [-0.3, -0.25) is 0 Å². The molecule has 0 radical (unpaired) electrons. The van der Waals surface area contributed by atoms with Gasteiger partial charge in [0.05, 0.1) is 55.7 Å². The van der Waals surface area contributed by atoms with E-state index in [0.717, 1.165) is 110 Å². The number of fused-ring (bicyclic) bond motifs is 14. The van der Waals surface area contributed by atoms with Crippen LogP contribution >= 0.6 is 0 Å². The normalized spacial score (nSPS) is 11.9. The lowest BCUT2D eigenvalue weighted by molar-refractivity contribution is 0.672. The van der Waals surface area contributed by atoms with Crippen molar-refractivity contribution in [2.24, 2.45) is 0 Å². The fourth-order valence-corrected chi connectivity index (χ4v) is 8.98. The van der Waals surface area contributed by atoms with Crippen molar-refractivity contribution >= 4 is 87.5 Å². The molecule has 12 rings (SSSR count). The molecule has 6 nitrogen and oxygen atoms in total. The van der Waals surface area contributed by atoms with Crippen molar-refractivity contribution in [1.29, 1.82) is 10.5 Å². The number of para-hydroxylation sites is 4. The fraction of sp³-hybridized carbons (Fsp3) is 0. The number of benzene rings is 8. The van der Waals surface area contributed by atoms with Gasteiger partial charge in [-0.2, -0.15) is 10.5 Å². The minimum atomic E-state index is 0.517. The lowest BCUT2D eigenvalue weighted by Crippen LogP contribution is -1.99. The van der Waals surface area contributed by atoms with Crippen LogP contribution in [-0.4, -0.2) is 9.13 Å². The Morgan fingerprint density at radius 1 is 0.411 bits per heavy atom. The summed E-state index contributed by atoms with van der Waals surface area (Å²) in [6.45, 7) is 0. The molecule has 0 fully saturated rings. The second-order valence-corrected chi connectivity index (χ2v) is 14.3. The van der Waals surface area contributed by atoms with Crippen LogP contribution in [0.15, 0.2) is 167 Å². The van der Waals surface area contributed by atoms with Gasteiger partial charge in [0.1, 0.15) is 28.4 Å². The maximum atomic E-state index is 10.7. The van der Waals surface area contributed by atoms with E-state index in [4.69, 9.17) is 8.83 Å². The first-order valence-electron chi connectivity index (χ1n) is 18.5. The number of furan rings is 2. The van der Waals surface area contributed by atoms with Gasteiger partial charge >= 0.3 is 0 Å². The van der Waals surface area contributed by atoms with Crippen LogP contribution in [0.2, 0.25) is 0 Å². The van der Waals surface area contributed by atoms with Gasteiger partial charge in [-0.15, -0.1) is 0 Å². The van der Waals surface area contributed by atoms with Gasteiger partial charge in [-0.1, -0.05) is 78.9 Å². The van der Waals surface area contributed by atoms with Crippen LogP contribution in [0, 0.1) is 22.7 Å². The number of hydrogen-bond acceptors (Lipinski definition) is 4. The van der Waals surface area contributed by atoms with Gasteiger partial charge in [0.2, 0.25) is 0 Å². The summed E-state index contributed by atoms with van der Waals surface area (Å²) in [7, 11) is 0. The van der Waals surface area contributed by atoms with Gasteiger partial charge in [0.25, 0.3) is 0 Å². The molecule has 0 amide bonds. The highest BCUT2D eigenvalue weighted by Gasteiger charge is 2.22. The molecule has 6 heteroatoms. The van der Waals surface area contributed by atoms with Gasteiger partial charge < -0.3 is 18.0 Å². The van der Waals surface area contributed by atoms with Crippen molar-refractivity contribution in [3.63, 3.8) is 0 Å². The van der Waals surface area contributed by atoms with Crippen LogP contribution in [0.25, 0.3) is 110 Å². The Kier molecular flexibility index (Phi) is 6.10. The quantitative estimate of drug-likeness (QED) is 0.182. The summed E-state index contributed by atoms with van der Waals surface area (Å²) in [4.78, 5) is 0. The number of nitrogens with zero attached hydrogens (tertiary/aromatic N) is 4. The number of rotatable bonds is 3. The Bertz CT molecular complexity index is 3750. The van der Waals surface area contributed by atoms with Crippen molar-refractivity contribution in [3.8, 4) is 34.6 Å². The van der Waals surface area contributed by atoms with E-state index < -0.39 is 0 Å². The minimum absolute atomic E-state index is 0.517. The molecular weight excluding hydrogens is 689 g/mol. The van der Waals surface area contributed by atoms with Crippen molar-refractivity contribution < 1.29 is 8.83 Å². The van der Waals surface area contributed by atoms with E-state index in [9.17, 15) is 10.5 Å². The third kappa shape index (κ3) is 4.07. The van der Waals surface area contributed by atoms with Crippen LogP contribution in [0.1, 0.15) is 11.1 Å². The van der Waals surface area contributed by atoms with Crippen molar-refractivity contribution in [1.82, 2.24) is 9.13 Å². The van der Waals surface area contributed by atoms with Crippen LogP contribution in [0.3, 0.4) is 0 Å². The monoisotopic (exact) mass is 714 g/mol. The molecule has 56 heavy (non-hydrogen) atoms. The third-order valence-corrected chi connectivity index (χ3v) is 11.4. The Hall–Kier alpha value is -8.06. The first-order chi connectivity index (χ1) is 27.7. The second kappa shape index (κ2) is 11.2. The van der Waals surface area contributed by atoms with Crippen LogP contribution in [-0.2, 0) is 0 Å². The van der Waals surface area contributed by atoms with Gasteiger partial charge in [-0.25, -0.2) is 0 Å². The zero-order valence-electron chi connectivity index (χ0n) is 29.6. The molecular formula is C50H26N4O2. The van der Waals surface area contributed by atoms with Gasteiger partial charge in [0.15, 0.2) is 0 Å². The first-order valence-corrected chi connectivity index (χ1v) is 18.5. The largest absolute Gasteiger partial charge is 0.455 e. The average molecular weight is 715 g/mol. The molecule has 0 spiro atoms. The van der Waals surface area contributed by atoms with E-state index in [0.29, 0.717) is 11.1 Å². The smallest absolute Gasteiger partial charge is 0.145 e. The zero-order valence-corrected chi connectivity index (χ0v) is 29.6. The fourth-order valence-electron chi connectivity index (χ4n) is 8.98. The zero-order chi connectivity index (χ0) is 37.1. The van der Waals surface area contributed by atoms with E-state index in [1.165, 1.54) is 0 Å². The van der Waals surface area contributed by atoms with E-state index in [-0.39, 0.29) is 0 Å². The highest BCUT2D eigenvalue weighted by molar-refractivity contribution is 6.25. The van der Waals surface area contributed by atoms with E-state index in [2.05, 4.69) is 88.0 Å². The molecule has 8 aromatic carbocycles. The molecule has 0 atom stereocenters. The lowest BCUT2D eigenvalue weighted by Gasteiger charge is -2.14. The number of nitriles is 2. The highest BCUT2D eigenvalue weighted by atomic mass is 16.3. The van der Waals surface area contributed by atoms with E-state index >= 15 is 0 Å². The van der Waals surface area contributed by atoms with Crippen LogP contribution in [0.5, 0.6) is 0 Å². The summed E-state index contributed by atoms with van der Waals surface area (Å²) in [6, 6.07) is 58.1. The lowest BCUT2D eigenvalue weighted by atomic mass is 9.99.